The van der Waals surface area contributed by atoms with E-state index in [4.69, 9.17) is 0 Å². The first-order valence-corrected chi connectivity index (χ1v) is 8.59. The van der Waals surface area contributed by atoms with Crippen LogP contribution in [0, 0.1) is 12.8 Å². The van der Waals surface area contributed by atoms with Gasteiger partial charge < -0.3 is 10.4 Å². The molecule has 5 nitrogen and oxygen atoms in total. The van der Waals surface area contributed by atoms with Crippen LogP contribution in [0.1, 0.15) is 43.0 Å². The SMILES string of the molecule is CCC(Nc1nc(C)nc2sc3c(c12)CCC(C)C3)C(=O)O. The van der Waals surface area contributed by atoms with E-state index in [0.717, 1.165) is 23.1 Å². The number of nitrogens with one attached hydrogen (secondary N) is 1. The number of hydrogen-bond acceptors (Lipinski definition) is 5. The van der Waals surface area contributed by atoms with Gasteiger partial charge in [0.05, 0.1) is 5.39 Å². The van der Waals surface area contributed by atoms with E-state index in [0.29, 0.717) is 24.0 Å². The maximum atomic E-state index is 11.3. The van der Waals surface area contributed by atoms with Crippen molar-refractivity contribution < 1.29 is 9.90 Å². The zero-order valence-corrected chi connectivity index (χ0v) is 14.0. The summed E-state index contributed by atoms with van der Waals surface area (Å²) in [6.45, 7) is 6.00. The molecule has 22 heavy (non-hydrogen) atoms. The zero-order valence-electron chi connectivity index (χ0n) is 13.1. The summed E-state index contributed by atoms with van der Waals surface area (Å²) >= 11 is 1.74. The van der Waals surface area contributed by atoms with Crippen LogP contribution in [0.4, 0.5) is 5.82 Å². The fourth-order valence-corrected chi connectivity index (χ4v) is 4.49. The van der Waals surface area contributed by atoms with Crippen molar-refractivity contribution >= 4 is 33.3 Å². The van der Waals surface area contributed by atoms with Crippen LogP contribution in [-0.4, -0.2) is 27.1 Å². The number of carboxylic acid groups (broad SMARTS) is 1. The van der Waals surface area contributed by atoms with E-state index >= 15 is 0 Å². The molecule has 2 atom stereocenters. The van der Waals surface area contributed by atoms with Crippen LogP contribution in [0.25, 0.3) is 10.2 Å². The normalized spacial score (nSPS) is 19.0. The summed E-state index contributed by atoms with van der Waals surface area (Å²) in [4.78, 5) is 22.7. The lowest BCUT2D eigenvalue weighted by Crippen LogP contribution is -2.29. The molecule has 2 aromatic heterocycles. The molecule has 2 unspecified atom stereocenters. The Morgan fingerprint density at radius 2 is 2.27 bits per heavy atom. The molecule has 0 bridgehead atoms. The van der Waals surface area contributed by atoms with Crippen molar-refractivity contribution in [1.82, 2.24) is 9.97 Å². The Morgan fingerprint density at radius 3 is 2.95 bits per heavy atom. The molecule has 2 heterocycles. The molecule has 0 aromatic carbocycles. The maximum absolute atomic E-state index is 11.3. The quantitative estimate of drug-likeness (QED) is 0.903. The van der Waals surface area contributed by atoms with E-state index in [1.807, 2.05) is 13.8 Å². The highest BCUT2D eigenvalue weighted by Gasteiger charge is 2.25. The number of aliphatic carboxylic acids is 1. The smallest absolute Gasteiger partial charge is 0.326 e. The first-order valence-electron chi connectivity index (χ1n) is 7.77. The van der Waals surface area contributed by atoms with Crippen LogP contribution in [0.3, 0.4) is 0 Å². The third-order valence-electron chi connectivity index (χ3n) is 4.28. The molecule has 2 aromatic rings. The molecule has 6 heteroatoms. The van der Waals surface area contributed by atoms with Crippen LogP contribution in [-0.2, 0) is 17.6 Å². The van der Waals surface area contributed by atoms with E-state index in [1.54, 1.807) is 11.3 Å². The van der Waals surface area contributed by atoms with Crippen LogP contribution >= 0.6 is 11.3 Å². The molecule has 1 aliphatic carbocycles. The van der Waals surface area contributed by atoms with E-state index < -0.39 is 12.0 Å². The number of aromatic nitrogens is 2. The van der Waals surface area contributed by atoms with Gasteiger partial charge in [0.15, 0.2) is 0 Å². The van der Waals surface area contributed by atoms with Gasteiger partial charge in [-0.1, -0.05) is 13.8 Å². The van der Waals surface area contributed by atoms with E-state index in [1.165, 1.54) is 16.9 Å². The Labute approximate surface area is 133 Å². The molecule has 2 N–H and O–H groups in total. The first kappa shape index (κ1) is 15.2. The van der Waals surface area contributed by atoms with Gasteiger partial charge in [-0.15, -0.1) is 11.3 Å². The number of nitrogens with zero attached hydrogens (tertiary/aromatic N) is 2. The van der Waals surface area contributed by atoms with Crippen molar-refractivity contribution in [3.8, 4) is 0 Å². The van der Waals surface area contributed by atoms with Gasteiger partial charge in [-0.25, -0.2) is 14.8 Å². The molecule has 0 saturated heterocycles. The van der Waals surface area contributed by atoms with Gasteiger partial charge in [0.2, 0.25) is 0 Å². The van der Waals surface area contributed by atoms with Gasteiger partial charge >= 0.3 is 5.97 Å². The van der Waals surface area contributed by atoms with Gasteiger partial charge in [-0.3, -0.25) is 0 Å². The second-order valence-corrected chi connectivity index (χ2v) is 7.18. The maximum Gasteiger partial charge on any atom is 0.326 e. The number of carboxylic acids is 1. The van der Waals surface area contributed by atoms with Crippen LogP contribution in [0.5, 0.6) is 0 Å². The lowest BCUT2D eigenvalue weighted by atomic mass is 9.89. The highest BCUT2D eigenvalue weighted by molar-refractivity contribution is 7.19. The zero-order chi connectivity index (χ0) is 15.9. The number of fused-ring (bicyclic) bond motifs is 3. The number of carbonyl (C=O) groups is 1. The lowest BCUT2D eigenvalue weighted by Gasteiger charge is -2.19. The van der Waals surface area contributed by atoms with Crippen molar-refractivity contribution in [3.05, 3.63) is 16.3 Å². The third-order valence-corrected chi connectivity index (χ3v) is 5.43. The minimum Gasteiger partial charge on any atom is -0.480 e. The fourth-order valence-electron chi connectivity index (χ4n) is 3.06. The Hall–Kier alpha value is -1.69. The minimum absolute atomic E-state index is 0.517. The molecule has 0 spiro atoms. The lowest BCUT2D eigenvalue weighted by molar-refractivity contribution is -0.137. The number of hydrogen-bond donors (Lipinski definition) is 2. The number of thiophene rings is 1. The second kappa shape index (κ2) is 5.83. The number of aryl methyl sites for hydroxylation is 2. The average molecular weight is 319 g/mol. The van der Waals surface area contributed by atoms with E-state index in [-0.39, 0.29) is 0 Å². The summed E-state index contributed by atoms with van der Waals surface area (Å²) in [5.41, 5.74) is 1.32. The van der Waals surface area contributed by atoms with Crippen LogP contribution in [0.2, 0.25) is 0 Å². The summed E-state index contributed by atoms with van der Waals surface area (Å²) in [7, 11) is 0. The third kappa shape index (κ3) is 2.67. The average Bonchev–Trinajstić information content (AvgIpc) is 2.80. The van der Waals surface area contributed by atoms with Gasteiger partial charge in [-0.2, -0.15) is 0 Å². The minimum atomic E-state index is -0.843. The summed E-state index contributed by atoms with van der Waals surface area (Å²) in [5, 5.41) is 13.5. The molecule has 0 amide bonds. The standard InChI is InChI=1S/C16H21N3O2S/c1-4-11(16(20)21)19-14-13-10-6-5-8(2)7-12(10)22-15(13)18-9(3)17-14/h8,11H,4-7H2,1-3H3,(H,20,21)(H,17,18,19). The van der Waals surface area contributed by atoms with Crippen molar-refractivity contribution in [2.24, 2.45) is 5.92 Å². The molecular weight excluding hydrogens is 298 g/mol. The van der Waals surface area contributed by atoms with Gasteiger partial charge in [-0.05, 0) is 44.1 Å². The highest BCUT2D eigenvalue weighted by atomic mass is 32.1. The van der Waals surface area contributed by atoms with Crippen molar-refractivity contribution in [2.75, 3.05) is 5.32 Å². The summed E-state index contributed by atoms with van der Waals surface area (Å²) in [6, 6.07) is -0.615. The molecule has 3 rings (SSSR count). The van der Waals surface area contributed by atoms with Gasteiger partial charge in [0.25, 0.3) is 0 Å². The molecule has 0 radical (unpaired) electrons. The Bertz CT molecular complexity index is 726. The first-order chi connectivity index (χ1) is 10.5. The Morgan fingerprint density at radius 1 is 1.50 bits per heavy atom. The molecule has 0 fully saturated rings. The summed E-state index contributed by atoms with van der Waals surface area (Å²) in [5.74, 6) is 1.23. The Kier molecular flexibility index (Phi) is 4.04. The van der Waals surface area contributed by atoms with Gasteiger partial charge in [0.1, 0.15) is 22.5 Å². The summed E-state index contributed by atoms with van der Waals surface area (Å²) < 4.78 is 0. The topological polar surface area (TPSA) is 75.1 Å². The molecule has 0 aliphatic heterocycles. The van der Waals surface area contributed by atoms with Crippen LogP contribution in [0.15, 0.2) is 0 Å². The van der Waals surface area contributed by atoms with Crippen LogP contribution < -0.4 is 5.32 Å². The molecule has 118 valence electrons. The van der Waals surface area contributed by atoms with Gasteiger partial charge in [0, 0.05) is 4.88 Å². The van der Waals surface area contributed by atoms with Crippen molar-refractivity contribution in [3.63, 3.8) is 0 Å². The van der Waals surface area contributed by atoms with Crippen molar-refractivity contribution in [2.45, 2.75) is 52.5 Å². The fraction of sp³-hybridized carbons (Fsp3) is 0.562. The monoisotopic (exact) mass is 319 g/mol. The predicted molar refractivity (Wildman–Crippen MR) is 88.7 cm³/mol. The number of rotatable bonds is 4. The highest BCUT2D eigenvalue weighted by Crippen LogP contribution is 2.40. The predicted octanol–water partition coefficient (Wildman–Crippen LogP) is 3.40. The molecule has 1 aliphatic rings. The second-order valence-electron chi connectivity index (χ2n) is 6.09. The molecule has 0 saturated carbocycles. The molecular formula is C16H21N3O2S. The largest absolute Gasteiger partial charge is 0.480 e. The van der Waals surface area contributed by atoms with Crippen molar-refractivity contribution in [1.29, 1.82) is 0 Å². The van der Waals surface area contributed by atoms with E-state index in [9.17, 15) is 9.90 Å². The summed E-state index contributed by atoms with van der Waals surface area (Å²) in [6.07, 6.45) is 3.80. The Balaban J connectivity index is 2.11. The number of anilines is 1. The van der Waals surface area contributed by atoms with E-state index in [2.05, 4.69) is 22.2 Å².